The van der Waals surface area contributed by atoms with E-state index in [4.69, 9.17) is 22.1 Å². The van der Waals surface area contributed by atoms with Crippen molar-refractivity contribution in [2.45, 2.75) is 18.1 Å². The predicted octanol–water partition coefficient (Wildman–Crippen LogP) is 2.49. The number of morpholine rings is 1. The van der Waals surface area contributed by atoms with E-state index in [0.29, 0.717) is 55.7 Å². The summed E-state index contributed by atoms with van der Waals surface area (Å²) in [6.45, 7) is 6.10. The number of piperazine rings is 1. The maximum absolute atomic E-state index is 13.5. The highest BCUT2D eigenvalue weighted by Gasteiger charge is 2.27. The molecule has 9 nitrogen and oxygen atoms in total. The van der Waals surface area contributed by atoms with Crippen molar-refractivity contribution in [1.29, 1.82) is 0 Å². The van der Waals surface area contributed by atoms with Crippen molar-refractivity contribution in [1.82, 2.24) is 28.5 Å². The average Bonchev–Trinajstić information content (AvgIpc) is 3.22. The number of benzene rings is 2. The van der Waals surface area contributed by atoms with Crippen LogP contribution in [0.2, 0.25) is 0 Å². The lowest BCUT2D eigenvalue weighted by atomic mass is 10.2. The molecular weight excluding hydrogens is 515 g/mol. The van der Waals surface area contributed by atoms with Gasteiger partial charge < -0.3 is 9.64 Å². The first kappa shape index (κ1) is 26.1. The number of nitrogens with zero attached hydrogens (tertiary/aromatic N) is 6. The second-order valence-corrected chi connectivity index (χ2v) is 11.7. The van der Waals surface area contributed by atoms with Crippen molar-refractivity contribution < 1.29 is 17.5 Å². The van der Waals surface area contributed by atoms with Gasteiger partial charge in [0.2, 0.25) is 10.0 Å². The topological polar surface area (TPSA) is 75.8 Å². The molecule has 3 heterocycles. The largest absolute Gasteiger partial charge is 0.379 e. The van der Waals surface area contributed by atoms with Crippen LogP contribution in [0.5, 0.6) is 0 Å². The molecule has 3 aromatic rings. The van der Waals surface area contributed by atoms with Gasteiger partial charge in [0.1, 0.15) is 5.82 Å². The summed E-state index contributed by atoms with van der Waals surface area (Å²) in [5, 5.41) is 4.86. The third-order valence-electron chi connectivity index (χ3n) is 6.81. The maximum atomic E-state index is 13.5. The smallest absolute Gasteiger partial charge is 0.243 e. The van der Waals surface area contributed by atoms with Gasteiger partial charge in [-0.05, 0) is 49.1 Å². The van der Waals surface area contributed by atoms with Crippen LogP contribution < -0.4 is 0 Å². The van der Waals surface area contributed by atoms with Gasteiger partial charge in [-0.2, -0.15) is 9.40 Å². The number of likely N-dealkylation sites (N-methyl/N-ethyl adjacent to an activating group) is 1. The summed E-state index contributed by atoms with van der Waals surface area (Å²) in [6, 6.07) is 13.1. The quantitative estimate of drug-likeness (QED) is 0.422. The van der Waals surface area contributed by atoms with Crippen LogP contribution in [0.15, 0.2) is 53.4 Å². The number of halogens is 1. The molecule has 2 fully saturated rings. The molecule has 198 valence electrons. The Labute approximate surface area is 221 Å². The molecule has 0 unspecified atom stereocenters. The molecule has 0 aliphatic carbocycles. The number of aromatic nitrogens is 3. The molecule has 0 bridgehead atoms. The Balaban J connectivity index is 1.52. The summed E-state index contributed by atoms with van der Waals surface area (Å²) >= 11 is 5.85. The Hall–Kier alpha value is -2.48. The average molecular weight is 547 g/mol. The van der Waals surface area contributed by atoms with E-state index in [2.05, 4.69) is 16.8 Å². The molecular formula is C25H31FN6O3S2. The summed E-state index contributed by atoms with van der Waals surface area (Å²) in [5.41, 5.74) is 1.52. The first-order chi connectivity index (χ1) is 17.8. The summed E-state index contributed by atoms with van der Waals surface area (Å²) < 4.78 is 51.1. The summed E-state index contributed by atoms with van der Waals surface area (Å²) in [7, 11) is -1.56. The normalized spacial score (nSPS) is 18.3. The molecule has 0 radical (unpaired) electrons. The molecule has 0 spiro atoms. The lowest BCUT2D eigenvalue weighted by Crippen LogP contribution is -2.45. The SMILES string of the molecule is CN1CCN(Cn2nc(-c3cccc(S(=O)(=O)N4CCOCC4)c3)n(Cc3ccc(F)cc3)c2=S)CC1. The molecule has 0 saturated carbocycles. The van der Waals surface area contributed by atoms with E-state index in [1.807, 2.05) is 10.6 Å². The van der Waals surface area contributed by atoms with Crippen LogP contribution in [0, 0.1) is 10.6 Å². The molecule has 0 amide bonds. The van der Waals surface area contributed by atoms with E-state index in [1.54, 1.807) is 35.0 Å². The fraction of sp³-hybridized carbons (Fsp3) is 0.440. The van der Waals surface area contributed by atoms with Gasteiger partial charge in [-0.3, -0.25) is 9.47 Å². The number of ether oxygens (including phenoxy) is 1. The number of hydrogen-bond donors (Lipinski definition) is 0. The molecule has 37 heavy (non-hydrogen) atoms. The minimum atomic E-state index is -3.67. The lowest BCUT2D eigenvalue weighted by molar-refractivity contribution is 0.0730. The van der Waals surface area contributed by atoms with E-state index >= 15 is 0 Å². The molecule has 2 saturated heterocycles. The van der Waals surface area contributed by atoms with Gasteiger partial charge in [-0.1, -0.05) is 24.3 Å². The second kappa shape index (κ2) is 11.1. The number of hydrogen-bond acceptors (Lipinski definition) is 7. The van der Waals surface area contributed by atoms with Gasteiger partial charge in [0.05, 0.1) is 31.3 Å². The van der Waals surface area contributed by atoms with Crippen molar-refractivity contribution in [3.63, 3.8) is 0 Å². The molecule has 5 rings (SSSR count). The van der Waals surface area contributed by atoms with E-state index in [-0.39, 0.29) is 10.7 Å². The third-order valence-corrected chi connectivity index (χ3v) is 9.13. The fourth-order valence-corrected chi connectivity index (χ4v) is 6.28. The van der Waals surface area contributed by atoms with Crippen molar-refractivity contribution >= 4 is 22.2 Å². The van der Waals surface area contributed by atoms with Crippen LogP contribution in [0.4, 0.5) is 4.39 Å². The highest BCUT2D eigenvalue weighted by molar-refractivity contribution is 7.89. The highest BCUT2D eigenvalue weighted by atomic mass is 32.2. The van der Waals surface area contributed by atoms with Gasteiger partial charge in [0, 0.05) is 44.8 Å². The Kier molecular flexibility index (Phi) is 7.84. The summed E-state index contributed by atoms with van der Waals surface area (Å²) in [6.07, 6.45) is 0. The van der Waals surface area contributed by atoms with Gasteiger partial charge in [0.15, 0.2) is 10.6 Å². The first-order valence-electron chi connectivity index (χ1n) is 12.3. The lowest BCUT2D eigenvalue weighted by Gasteiger charge is -2.31. The number of rotatable bonds is 7. The van der Waals surface area contributed by atoms with E-state index < -0.39 is 10.0 Å². The molecule has 2 aliphatic rings. The van der Waals surface area contributed by atoms with Crippen molar-refractivity contribution in [3.8, 4) is 11.4 Å². The Morgan fingerprint density at radius 3 is 2.41 bits per heavy atom. The Morgan fingerprint density at radius 2 is 1.70 bits per heavy atom. The first-order valence-corrected chi connectivity index (χ1v) is 14.2. The van der Waals surface area contributed by atoms with Crippen LogP contribution >= 0.6 is 12.2 Å². The van der Waals surface area contributed by atoms with E-state index in [9.17, 15) is 12.8 Å². The summed E-state index contributed by atoms with van der Waals surface area (Å²) in [5.74, 6) is 0.266. The minimum Gasteiger partial charge on any atom is -0.379 e. The van der Waals surface area contributed by atoms with Crippen molar-refractivity contribution in [3.05, 3.63) is 64.7 Å². The molecule has 2 aliphatic heterocycles. The molecule has 12 heteroatoms. The zero-order valence-electron chi connectivity index (χ0n) is 20.8. The van der Waals surface area contributed by atoms with Crippen LogP contribution in [-0.2, 0) is 28.0 Å². The fourth-order valence-electron chi connectivity index (χ4n) is 4.57. The Morgan fingerprint density at radius 1 is 1.00 bits per heavy atom. The molecule has 2 aromatic carbocycles. The van der Waals surface area contributed by atoms with Gasteiger partial charge in [-0.15, -0.1) is 0 Å². The highest BCUT2D eigenvalue weighted by Crippen LogP contribution is 2.25. The van der Waals surface area contributed by atoms with Crippen LogP contribution in [0.3, 0.4) is 0 Å². The van der Waals surface area contributed by atoms with Gasteiger partial charge in [-0.25, -0.2) is 17.5 Å². The van der Waals surface area contributed by atoms with Gasteiger partial charge >= 0.3 is 0 Å². The molecule has 0 N–H and O–H groups in total. The zero-order chi connectivity index (χ0) is 26.0. The van der Waals surface area contributed by atoms with Crippen molar-refractivity contribution in [2.24, 2.45) is 0 Å². The molecule has 0 atom stereocenters. The van der Waals surface area contributed by atoms with E-state index in [1.165, 1.54) is 16.4 Å². The second-order valence-electron chi connectivity index (χ2n) is 9.43. The maximum Gasteiger partial charge on any atom is 0.243 e. The standard InChI is InChI=1S/C25H31FN6O3S2/c1-28-9-11-29(12-10-28)19-32-25(36)31(18-20-5-7-22(26)8-6-20)24(27-32)21-3-2-4-23(17-21)37(33,34)30-13-15-35-16-14-30/h2-8,17H,9-16,18-19H2,1H3. The minimum absolute atomic E-state index is 0.208. The number of sulfonamides is 1. The molecule has 1 aromatic heterocycles. The van der Waals surface area contributed by atoms with Gasteiger partial charge in [0.25, 0.3) is 0 Å². The third kappa shape index (κ3) is 5.84. The van der Waals surface area contributed by atoms with Crippen molar-refractivity contribution in [2.75, 3.05) is 59.5 Å². The van der Waals surface area contributed by atoms with Crippen LogP contribution in [0.25, 0.3) is 11.4 Å². The Bertz CT molecular complexity index is 1390. The van der Waals surface area contributed by atoms with Crippen LogP contribution in [0.1, 0.15) is 5.56 Å². The zero-order valence-corrected chi connectivity index (χ0v) is 22.4. The summed E-state index contributed by atoms with van der Waals surface area (Å²) in [4.78, 5) is 4.79. The predicted molar refractivity (Wildman–Crippen MR) is 141 cm³/mol. The monoisotopic (exact) mass is 546 g/mol. The van der Waals surface area contributed by atoms with E-state index in [0.717, 1.165) is 31.7 Å². The van der Waals surface area contributed by atoms with Crippen LogP contribution in [-0.4, -0.2) is 96.4 Å².